The van der Waals surface area contributed by atoms with E-state index in [1.807, 2.05) is 0 Å². The molecule has 9 nitrogen and oxygen atoms in total. The zero-order valence-electron chi connectivity index (χ0n) is 17.1. The molecule has 0 spiro atoms. The summed E-state index contributed by atoms with van der Waals surface area (Å²) in [7, 11) is -3.35. The number of amides is 1. The average Bonchev–Trinajstić information content (AvgIpc) is 3.02. The van der Waals surface area contributed by atoms with Crippen LogP contribution in [0.5, 0.6) is 5.75 Å². The fourth-order valence-corrected chi connectivity index (χ4v) is 4.43. The molecule has 1 aromatic carbocycles. The van der Waals surface area contributed by atoms with E-state index < -0.39 is 73.6 Å². The summed E-state index contributed by atoms with van der Waals surface area (Å²) in [6.45, 7) is -1.28. The molecule has 0 radical (unpaired) electrons. The summed E-state index contributed by atoms with van der Waals surface area (Å²) in [6.07, 6.45) is -5.59. The van der Waals surface area contributed by atoms with Crippen molar-refractivity contribution in [1.29, 1.82) is 0 Å². The highest BCUT2D eigenvalue weighted by Crippen LogP contribution is 2.51. The molecule has 0 saturated carbocycles. The van der Waals surface area contributed by atoms with Crippen molar-refractivity contribution in [1.82, 2.24) is 4.98 Å². The Morgan fingerprint density at radius 1 is 1.32 bits per heavy atom. The number of alkyl halides is 3. The van der Waals surface area contributed by atoms with Crippen LogP contribution in [0.15, 0.2) is 35.5 Å². The fraction of sp³-hybridized carbons (Fsp3) is 0.333. The smallest absolute Gasteiger partial charge is 0.419 e. The van der Waals surface area contributed by atoms with Gasteiger partial charge in [-0.2, -0.15) is 17.6 Å². The van der Waals surface area contributed by atoms with E-state index in [1.165, 1.54) is 0 Å². The molecule has 186 valence electrons. The van der Waals surface area contributed by atoms with Gasteiger partial charge in [0.25, 0.3) is 15.9 Å². The molecule has 1 aliphatic heterocycles. The number of hydrogen-bond acceptors (Lipinski definition) is 8. The van der Waals surface area contributed by atoms with Gasteiger partial charge in [0, 0.05) is 24.4 Å². The Morgan fingerprint density at radius 3 is 2.53 bits per heavy atom. The minimum Gasteiger partial charge on any atom is -0.491 e. The number of anilines is 2. The highest BCUT2D eigenvalue weighted by Gasteiger charge is 2.66. The maximum absolute atomic E-state index is 14.3. The number of hydrogen-bond donors (Lipinski definition) is 4. The number of ether oxygens (including phenoxy) is 1. The first-order chi connectivity index (χ1) is 15.5. The summed E-state index contributed by atoms with van der Waals surface area (Å²) in [4.78, 5) is 14.8. The lowest BCUT2D eigenvalue weighted by Gasteiger charge is -2.35. The van der Waals surface area contributed by atoms with Gasteiger partial charge in [0.05, 0.1) is 19.3 Å². The monoisotopic (exact) mass is 528 g/mol. The van der Waals surface area contributed by atoms with Crippen LogP contribution in [0, 0.1) is 11.6 Å². The summed E-state index contributed by atoms with van der Waals surface area (Å²) < 4.78 is 96.8. The van der Waals surface area contributed by atoms with E-state index in [4.69, 9.17) is 9.88 Å². The largest absolute Gasteiger partial charge is 0.491 e. The predicted octanol–water partition coefficient (Wildman–Crippen LogP) is 1.78. The van der Waals surface area contributed by atoms with Crippen LogP contribution in [-0.4, -0.2) is 54.7 Å². The van der Waals surface area contributed by atoms with Crippen molar-refractivity contribution in [2.75, 3.05) is 23.9 Å². The van der Waals surface area contributed by atoms with Gasteiger partial charge in [0.1, 0.15) is 0 Å². The second kappa shape index (κ2) is 8.51. The number of nitrogens with two attached hydrogens (primary N) is 1. The standard InChI is InChI=1S/C18H17F5N4O5S2/c1-32-14-11(3-2-10(19)13(14)20)27-8-16(29,18(21,22)23)7-17(27,33)15(28)26-9-4-5-25-12(6-9)34(24,30)31/h2-6,29,33H,7-8H2,1H3,(H2,24,30,31)(H,25,26,28)/t16-,17?/m0/s1. The Labute approximate surface area is 195 Å². The number of aliphatic hydroxyl groups is 1. The molecular weight excluding hydrogens is 511 g/mol. The van der Waals surface area contributed by atoms with Crippen LogP contribution in [0.2, 0.25) is 0 Å². The molecule has 2 aromatic rings. The second-order valence-corrected chi connectivity index (χ2v) is 9.65. The van der Waals surface area contributed by atoms with Crippen molar-refractivity contribution in [3.05, 3.63) is 42.1 Å². The molecule has 1 aliphatic rings. The van der Waals surface area contributed by atoms with Crippen LogP contribution in [0.4, 0.5) is 33.3 Å². The number of sulfonamides is 1. The van der Waals surface area contributed by atoms with Crippen molar-refractivity contribution in [3.63, 3.8) is 0 Å². The normalized spacial score (nSPS) is 23.1. The first-order valence-electron chi connectivity index (χ1n) is 9.15. The lowest BCUT2D eigenvalue weighted by molar-refractivity contribution is -0.251. The van der Waals surface area contributed by atoms with Crippen LogP contribution in [-0.2, 0) is 14.8 Å². The van der Waals surface area contributed by atoms with Crippen LogP contribution < -0.4 is 20.1 Å². The van der Waals surface area contributed by atoms with Crippen molar-refractivity contribution in [2.45, 2.75) is 28.1 Å². The number of thiol groups is 1. The predicted molar refractivity (Wildman–Crippen MR) is 112 cm³/mol. The lowest BCUT2D eigenvalue weighted by Crippen LogP contribution is -2.49. The quantitative estimate of drug-likeness (QED) is 0.343. The average molecular weight is 528 g/mol. The van der Waals surface area contributed by atoms with Crippen molar-refractivity contribution in [3.8, 4) is 5.75 Å². The molecule has 16 heteroatoms. The van der Waals surface area contributed by atoms with E-state index >= 15 is 0 Å². The molecule has 1 amide bonds. The van der Waals surface area contributed by atoms with Crippen LogP contribution in [0.25, 0.3) is 0 Å². The molecular formula is C18H17F5N4O5S2. The summed E-state index contributed by atoms with van der Waals surface area (Å²) in [5, 5.41) is 16.9. The number of halogens is 5. The lowest BCUT2D eigenvalue weighted by atomic mass is 9.99. The van der Waals surface area contributed by atoms with Crippen molar-refractivity contribution in [2.24, 2.45) is 5.14 Å². The number of β-amino-alcohol motifs (C(OH)–C–C–N with tert-alkyl or cyclic N) is 1. The zero-order valence-corrected chi connectivity index (χ0v) is 18.8. The number of pyridine rings is 1. The zero-order chi connectivity index (χ0) is 25.7. The number of rotatable bonds is 5. The van der Waals surface area contributed by atoms with Gasteiger partial charge < -0.3 is 20.1 Å². The molecule has 0 aliphatic carbocycles. The molecule has 4 N–H and O–H groups in total. The van der Waals surface area contributed by atoms with E-state index in [2.05, 4.69) is 22.9 Å². The number of methoxy groups -OCH3 is 1. The van der Waals surface area contributed by atoms with E-state index in [0.717, 1.165) is 31.5 Å². The third-order valence-corrected chi connectivity index (χ3v) is 6.51. The van der Waals surface area contributed by atoms with Crippen LogP contribution >= 0.6 is 12.6 Å². The van der Waals surface area contributed by atoms with Gasteiger partial charge in [-0.25, -0.2) is 22.9 Å². The number of carbonyl (C=O) groups is 1. The Hall–Kier alpha value is -2.69. The van der Waals surface area contributed by atoms with E-state index in [-0.39, 0.29) is 5.69 Å². The number of nitrogens with one attached hydrogen (secondary N) is 1. The van der Waals surface area contributed by atoms with E-state index in [1.54, 1.807) is 0 Å². The van der Waals surface area contributed by atoms with Gasteiger partial charge in [0.2, 0.25) is 5.82 Å². The van der Waals surface area contributed by atoms with Crippen LogP contribution in [0.1, 0.15) is 6.42 Å². The molecule has 34 heavy (non-hydrogen) atoms. The summed E-state index contributed by atoms with van der Waals surface area (Å²) in [6, 6.07) is 3.43. The molecule has 3 rings (SSSR count). The molecule has 1 saturated heterocycles. The number of benzene rings is 1. The minimum absolute atomic E-state index is 0.225. The summed E-state index contributed by atoms with van der Waals surface area (Å²) in [5.74, 6) is -4.98. The maximum atomic E-state index is 14.3. The topological polar surface area (TPSA) is 135 Å². The van der Waals surface area contributed by atoms with Gasteiger partial charge in [0.15, 0.2) is 27.1 Å². The SMILES string of the molecule is COc1c(N2C[C@](O)(C(F)(F)F)CC2(S)C(=O)Nc2ccnc(S(N)(=O)=O)c2)ccc(F)c1F. The molecule has 1 aromatic heterocycles. The number of aromatic nitrogens is 1. The number of nitrogens with zero attached hydrogens (tertiary/aromatic N) is 2. The van der Waals surface area contributed by atoms with Gasteiger partial charge >= 0.3 is 6.18 Å². The Kier molecular flexibility index (Phi) is 6.49. The Bertz CT molecular complexity index is 1250. The Balaban J connectivity index is 2.10. The number of primary sulfonamides is 1. The van der Waals surface area contributed by atoms with Gasteiger partial charge in [-0.15, -0.1) is 12.6 Å². The molecule has 2 atom stereocenters. The minimum atomic E-state index is -5.24. The van der Waals surface area contributed by atoms with Gasteiger partial charge in [-0.3, -0.25) is 4.79 Å². The third kappa shape index (κ3) is 4.49. The second-order valence-electron chi connectivity index (χ2n) is 7.40. The summed E-state index contributed by atoms with van der Waals surface area (Å²) >= 11 is 4.11. The van der Waals surface area contributed by atoms with Crippen molar-refractivity contribution >= 4 is 39.9 Å². The van der Waals surface area contributed by atoms with E-state index in [0.29, 0.717) is 11.0 Å². The molecule has 1 unspecified atom stereocenters. The van der Waals surface area contributed by atoms with Crippen LogP contribution in [0.3, 0.4) is 0 Å². The molecule has 1 fully saturated rings. The summed E-state index contributed by atoms with van der Waals surface area (Å²) in [5.41, 5.74) is -4.20. The molecule has 0 bridgehead atoms. The number of carbonyl (C=O) groups excluding carboxylic acids is 1. The first kappa shape index (κ1) is 25.9. The third-order valence-electron chi connectivity index (χ3n) is 5.10. The highest BCUT2D eigenvalue weighted by atomic mass is 32.2. The first-order valence-corrected chi connectivity index (χ1v) is 11.1. The molecule has 2 heterocycles. The Morgan fingerprint density at radius 2 is 1.97 bits per heavy atom. The van der Waals surface area contributed by atoms with Gasteiger partial charge in [-0.1, -0.05) is 0 Å². The fourth-order valence-electron chi connectivity index (χ4n) is 3.43. The maximum Gasteiger partial charge on any atom is 0.419 e. The van der Waals surface area contributed by atoms with Crippen molar-refractivity contribution < 1.29 is 45.0 Å². The van der Waals surface area contributed by atoms with Gasteiger partial charge in [-0.05, 0) is 18.2 Å². The highest BCUT2D eigenvalue weighted by molar-refractivity contribution is 7.89. The van der Waals surface area contributed by atoms with E-state index in [9.17, 15) is 40.3 Å².